The number of fused-ring (bicyclic) bond motifs is 6. The lowest BCUT2D eigenvalue weighted by Gasteiger charge is -2.59. The third kappa shape index (κ3) is 1.83. The smallest absolute Gasteiger partial charge is 0.222 e. The van der Waals surface area contributed by atoms with Gasteiger partial charge in [0, 0.05) is 50.0 Å². The molecule has 0 saturated carbocycles. The average Bonchev–Trinajstić information content (AvgIpc) is 2.42. The van der Waals surface area contributed by atoms with E-state index in [4.69, 9.17) is 0 Å². The summed E-state index contributed by atoms with van der Waals surface area (Å²) in [5.41, 5.74) is 0. The first-order valence-corrected chi connectivity index (χ1v) is 8.05. The minimum atomic E-state index is -0.298. The first-order valence-electron chi connectivity index (χ1n) is 8.05. The Labute approximate surface area is 119 Å². The Morgan fingerprint density at radius 3 is 2.70 bits per heavy atom. The highest BCUT2D eigenvalue weighted by Crippen LogP contribution is 2.43. The Balaban J connectivity index is 1.63. The predicted octanol–water partition coefficient (Wildman–Crippen LogP) is -0.187. The van der Waals surface area contributed by atoms with Gasteiger partial charge in [0.1, 0.15) is 0 Å². The van der Waals surface area contributed by atoms with Crippen LogP contribution >= 0.6 is 0 Å². The number of piperidine rings is 4. The van der Waals surface area contributed by atoms with Crippen LogP contribution in [0, 0.1) is 11.8 Å². The van der Waals surface area contributed by atoms with E-state index in [1.807, 2.05) is 4.90 Å². The number of amides is 1. The second-order valence-electron chi connectivity index (χ2n) is 7.06. The summed E-state index contributed by atoms with van der Waals surface area (Å²) in [5.74, 6) is 0.611. The molecule has 5 heteroatoms. The molecule has 0 aromatic heterocycles. The van der Waals surface area contributed by atoms with Gasteiger partial charge in [-0.25, -0.2) is 0 Å². The van der Waals surface area contributed by atoms with Crippen LogP contribution in [0.15, 0.2) is 0 Å². The normalized spacial score (nSPS) is 48.7. The lowest BCUT2D eigenvalue weighted by atomic mass is 9.68. The second kappa shape index (κ2) is 4.68. The topological polar surface area (TPSA) is 64.0 Å². The monoisotopic (exact) mass is 280 g/mol. The molecule has 5 nitrogen and oxygen atoms in total. The van der Waals surface area contributed by atoms with Crippen molar-refractivity contribution in [2.45, 2.75) is 56.4 Å². The van der Waals surface area contributed by atoms with Crippen molar-refractivity contribution in [3.05, 3.63) is 0 Å². The molecular formula is C15H24N2O3. The summed E-state index contributed by atoms with van der Waals surface area (Å²) in [6, 6.07) is 0.496. The largest absolute Gasteiger partial charge is 0.393 e. The highest BCUT2D eigenvalue weighted by atomic mass is 16.3. The molecule has 0 unspecified atom stereocenters. The minimum absolute atomic E-state index is 0.127. The average molecular weight is 280 g/mol. The van der Waals surface area contributed by atoms with Crippen molar-refractivity contribution >= 4 is 5.91 Å². The molecule has 0 aliphatic carbocycles. The van der Waals surface area contributed by atoms with Crippen LogP contribution in [-0.2, 0) is 4.79 Å². The van der Waals surface area contributed by atoms with Gasteiger partial charge in [-0.05, 0) is 25.7 Å². The molecular weight excluding hydrogens is 256 g/mol. The van der Waals surface area contributed by atoms with Gasteiger partial charge in [-0.15, -0.1) is 0 Å². The number of carbonyl (C=O) groups is 1. The van der Waals surface area contributed by atoms with E-state index >= 15 is 0 Å². The van der Waals surface area contributed by atoms with Gasteiger partial charge >= 0.3 is 0 Å². The quantitative estimate of drug-likeness (QED) is 0.646. The highest BCUT2D eigenvalue weighted by molar-refractivity contribution is 5.77. The molecule has 112 valence electrons. The summed E-state index contributed by atoms with van der Waals surface area (Å²) in [5, 5.41) is 20.6. The number of hydrogen-bond acceptors (Lipinski definition) is 4. The van der Waals surface area contributed by atoms with Crippen LogP contribution < -0.4 is 0 Å². The van der Waals surface area contributed by atoms with Crippen molar-refractivity contribution in [3.8, 4) is 0 Å². The van der Waals surface area contributed by atoms with Gasteiger partial charge in [0.2, 0.25) is 5.91 Å². The van der Waals surface area contributed by atoms with Crippen LogP contribution in [0.5, 0.6) is 0 Å². The van der Waals surface area contributed by atoms with Crippen LogP contribution in [0.2, 0.25) is 0 Å². The Kier molecular flexibility index (Phi) is 3.05. The molecule has 6 atom stereocenters. The first-order chi connectivity index (χ1) is 9.65. The molecule has 4 aliphatic rings. The summed E-state index contributed by atoms with van der Waals surface area (Å²) < 4.78 is 0. The van der Waals surface area contributed by atoms with Crippen molar-refractivity contribution in [1.29, 1.82) is 0 Å². The Morgan fingerprint density at radius 2 is 1.85 bits per heavy atom. The summed E-state index contributed by atoms with van der Waals surface area (Å²) in [6.07, 6.45) is 3.74. The summed E-state index contributed by atoms with van der Waals surface area (Å²) in [6.45, 7) is 2.52. The molecule has 4 heterocycles. The first kappa shape index (κ1) is 13.0. The fourth-order valence-corrected chi connectivity index (χ4v) is 5.06. The molecule has 4 saturated heterocycles. The molecule has 1 amide bonds. The van der Waals surface area contributed by atoms with Crippen molar-refractivity contribution < 1.29 is 15.0 Å². The number of carbonyl (C=O) groups excluding carboxylic acids is 1. The number of rotatable bonds is 0. The maximum Gasteiger partial charge on any atom is 0.222 e. The van der Waals surface area contributed by atoms with Crippen molar-refractivity contribution in [2.75, 3.05) is 19.6 Å². The zero-order valence-corrected chi connectivity index (χ0v) is 11.8. The maximum absolute atomic E-state index is 12.2. The molecule has 0 spiro atoms. The van der Waals surface area contributed by atoms with E-state index < -0.39 is 0 Å². The standard InChI is InChI=1S/C15H24N2O3/c18-9-4-5-16-7-10-12-2-1-3-14(19)17(12)8-11(15(10)20)13(16)6-9/h9-13,15,18,20H,1-8H2/t9-,10+,11+,12+,13-,15-/m0/s1. The van der Waals surface area contributed by atoms with E-state index in [0.29, 0.717) is 13.0 Å². The molecule has 4 fully saturated rings. The zero-order valence-electron chi connectivity index (χ0n) is 11.8. The summed E-state index contributed by atoms with van der Waals surface area (Å²) in [7, 11) is 0. The van der Waals surface area contributed by atoms with Crippen LogP contribution in [0.4, 0.5) is 0 Å². The van der Waals surface area contributed by atoms with Gasteiger partial charge in [0.15, 0.2) is 0 Å². The van der Waals surface area contributed by atoms with Gasteiger partial charge in [-0.1, -0.05) is 0 Å². The third-order valence-corrected chi connectivity index (χ3v) is 6.06. The molecule has 20 heavy (non-hydrogen) atoms. The highest BCUT2D eigenvalue weighted by Gasteiger charge is 2.53. The van der Waals surface area contributed by atoms with Crippen LogP contribution in [-0.4, -0.2) is 69.8 Å². The number of aliphatic hydroxyl groups is 2. The Morgan fingerprint density at radius 1 is 1.05 bits per heavy atom. The Hall–Kier alpha value is -0.650. The predicted molar refractivity (Wildman–Crippen MR) is 72.9 cm³/mol. The van der Waals surface area contributed by atoms with Crippen molar-refractivity contribution in [3.63, 3.8) is 0 Å². The van der Waals surface area contributed by atoms with Crippen molar-refractivity contribution in [2.24, 2.45) is 11.8 Å². The SMILES string of the molecule is O=C1CCC[C@@H]2[C@H]3CN4CC[C@H](O)C[C@H]4[C@@H](CN12)[C@H]3O. The second-order valence-corrected chi connectivity index (χ2v) is 7.06. The fraction of sp³-hybridized carbons (Fsp3) is 0.933. The molecule has 0 aromatic rings. The minimum Gasteiger partial charge on any atom is -0.393 e. The van der Waals surface area contributed by atoms with Gasteiger partial charge in [-0.2, -0.15) is 0 Å². The van der Waals surface area contributed by atoms with Gasteiger partial charge in [-0.3, -0.25) is 9.69 Å². The molecule has 2 N–H and O–H groups in total. The number of nitrogens with zero attached hydrogens (tertiary/aromatic N) is 2. The number of aliphatic hydroxyl groups excluding tert-OH is 2. The lowest BCUT2D eigenvalue weighted by molar-refractivity contribution is -0.172. The molecule has 0 aromatic carbocycles. The summed E-state index contributed by atoms with van der Waals surface area (Å²) in [4.78, 5) is 16.7. The Bertz CT molecular complexity index is 416. The zero-order chi connectivity index (χ0) is 13.9. The van der Waals surface area contributed by atoms with Gasteiger partial charge < -0.3 is 15.1 Å². The van der Waals surface area contributed by atoms with E-state index in [9.17, 15) is 15.0 Å². The molecule has 2 bridgehead atoms. The third-order valence-electron chi connectivity index (χ3n) is 6.06. The number of hydrogen-bond donors (Lipinski definition) is 2. The lowest BCUT2D eigenvalue weighted by Crippen LogP contribution is -2.70. The van der Waals surface area contributed by atoms with Gasteiger partial charge in [0.05, 0.1) is 12.2 Å². The van der Waals surface area contributed by atoms with Crippen LogP contribution in [0.1, 0.15) is 32.1 Å². The molecule has 0 radical (unpaired) electrons. The van der Waals surface area contributed by atoms with E-state index in [1.54, 1.807) is 0 Å². The van der Waals surface area contributed by atoms with Gasteiger partial charge in [0.25, 0.3) is 0 Å². The molecule has 4 rings (SSSR count). The van der Waals surface area contributed by atoms with E-state index in [0.717, 1.165) is 38.8 Å². The maximum atomic E-state index is 12.2. The van der Waals surface area contributed by atoms with E-state index in [-0.39, 0.29) is 42.0 Å². The molecule has 4 aliphatic heterocycles. The van der Waals surface area contributed by atoms with E-state index in [2.05, 4.69) is 4.90 Å². The van der Waals surface area contributed by atoms with E-state index in [1.165, 1.54) is 0 Å². The van der Waals surface area contributed by atoms with Crippen LogP contribution in [0.25, 0.3) is 0 Å². The van der Waals surface area contributed by atoms with Crippen LogP contribution in [0.3, 0.4) is 0 Å². The van der Waals surface area contributed by atoms with Crippen molar-refractivity contribution in [1.82, 2.24) is 9.80 Å². The fourth-order valence-electron chi connectivity index (χ4n) is 5.06. The summed E-state index contributed by atoms with van der Waals surface area (Å²) >= 11 is 0.